The van der Waals surface area contributed by atoms with Gasteiger partial charge in [-0.3, -0.25) is 0 Å². The van der Waals surface area contributed by atoms with Crippen LogP contribution in [0.15, 0.2) is 29.2 Å². The smallest absolute Gasteiger partial charge is 0.240 e. The van der Waals surface area contributed by atoms with E-state index in [-0.39, 0.29) is 4.90 Å². The van der Waals surface area contributed by atoms with Gasteiger partial charge in [-0.25, -0.2) is 13.1 Å². The van der Waals surface area contributed by atoms with Gasteiger partial charge in [0, 0.05) is 6.54 Å². The maximum absolute atomic E-state index is 12.2. The summed E-state index contributed by atoms with van der Waals surface area (Å²) in [5.74, 6) is 0.404. The zero-order valence-electron chi connectivity index (χ0n) is 12.2. The first-order valence-electron chi connectivity index (χ1n) is 7.27. The van der Waals surface area contributed by atoms with Gasteiger partial charge in [0.05, 0.1) is 16.5 Å². The van der Waals surface area contributed by atoms with Crippen molar-refractivity contribution in [1.29, 1.82) is 5.26 Å². The van der Waals surface area contributed by atoms with Gasteiger partial charge in [-0.1, -0.05) is 6.92 Å². The van der Waals surface area contributed by atoms with Gasteiger partial charge in [-0.15, -0.1) is 0 Å². The zero-order valence-corrected chi connectivity index (χ0v) is 13.1. The second-order valence-electron chi connectivity index (χ2n) is 5.37. The summed E-state index contributed by atoms with van der Waals surface area (Å²) in [6.07, 6.45) is 2.06. The monoisotopic (exact) mass is 307 g/mol. The molecular weight excluding hydrogens is 286 g/mol. The number of piperidine rings is 1. The van der Waals surface area contributed by atoms with E-state index in [1.165, 1.54) is 24.3 Å². The topological polar surface area (TPSA) is 73.2 Å². The summed E-state index contributed by atoms with van der Waals surface area (Å²) in [4.78, 5) is 2.60. The van der Waals surface area contributed by atoms with Crippen LogP contribution in [0.4, 0.5) is 0 Å². The van der Waals surface area contributed by atoms with Crippen LogP contribution in [0, 0.1) is 17.2 Å². The lowest BCUT2D eigenvalue weighted by Gasteiger charge is -2.30. The largest absolute Gasteiger partial charge is 0.304 e. The zero-order chi connectivity index (χ0) is 15.3. The number of likely N-dealkylation sites (tertiary alicyclic amines) is 1. The van der Waals surface area contributed by atoms with E-state index in [0.29, 0.717) is 18.0 Å². The highest BCUT2D eigenvalue weighted by atomic mass is 32.2. The third-order valence-corrected chi connectivity index (χ3v) is 5.45. The first kappa shape index (κ1) is 16.0. The summed E-state index contributed by atoms with van der Waals surface area (Å²) in [5.41, 5.74) is 0.459. The molecule has 5 nitrogen and oxygen atoms in total. The van der Waals surface area contributed by atoms with Crippen LogP contribution >= 0.6 is 0 Å². The molecule has 0 spiro atoms. The van der Waals surface area contributed by atoms with Crippen molar-refractivity contribution in [3.8, 4) is 6.07 Å². The molecule has 1 N–H and O–H groups in total. The van der Waals surface area contributed by atoms with Gasteiger partial charge in [0.1, 0.15) is 0 Å². The molecule has 0 aliphatic carbocycles. The molecule has 1 aliphatic heterocycles. The van der Waals surface area contributed by atoms with E-state index < -0.39 is 10.0 Å². The van der Waals surface area contributed by atoms with Crippen LogP contribution in [0.2, 0.25) is 0 Å². The van der Waals surface area contributed by atoms with Crippen molar-refractivity contribution >= 4 is 10.0 Å². The van der Waals surface area contributed by atoms with E-state index in [9.17, 15) is 8.42 Å². The van der Waals surface area contributed by atoms with Gasteiger partial charge >= 0.3 is 0 Å². The molecule has 1 saturated heterocycles. The first-order chi connectivity index (χ1) is 10.0. The number of nitrogens with zero attached hydrogens (tertiary/aromatic N) is 2. The normalized spacial score (nSPS) is 17.5. The molecule has 1 fully saturated rings. The quantitative estimate of drug-likeness (QED) is 0.896. The Morgan fingerprint density at radius 2 is 1.90 bits per heavy atom. The lowest BCUT2D eigenvalue weighted by atomic mass is 9.97. The van der Waals surface area contributed by atoms with Crippen molar-refractivity contribution < 1.29 is 8.42 Å². The van der Waals surface area contributed by atoms with Crippen molar-refractivity contribution in [2.24, 2.45) is 5.92 Å². The summed E-state index contributed by atoms with van der Waals surface area (Å²) in [7, 11) is -3.48. The van der Waals surface area contributed by atoms with Gasteiger partial charge in [-0.05, 0) is 62.7 Å². The maximum Gasteiger partial charge on any atom is 0.240 e. The third kappa shape index (κ3) is 4.27. The molecule has 1 heterocycles. The molecule has 0 radical (unpaired) electrons. The van der Waals surface area contributed by atoms with Crippen molar-refractivity contribution in [3.63, 3.8) is 0 Å². The molecular formula is C15H21N3O2S. The van der Waals surface area contributed by atoms with E-state index >= 15 is 0 Å². The summed E-state index contributed by atoms with van der Waals surface area (Å²) in [6, 6.07) is 7.97. The number of benzene rings is 1. The Labute approximate surface area is 126 Å². The van der Waals surface area contributed by atoms with Crippen LogP contribution in [0.1, 0.15) is 25.3 Å². The molecule has 114 valence electrons. The summed E-state index contributed by atoms with van der Waals surface area (Å²) in [6.45, 7) is 5.77. The fourth-order valence-corrected chi connectivity index (χ4v) is 3.64. The van der Waals surface area contributed by atoms with E-state index in [1.54, 1.807) is 0 Å². The average molecular weight is 307 g/mol. The number of nitriles is 1. The number of hydrogen-bond donors (Lipinski definition) is 1. The number of hydrogen-bond acceptors (Lipinski definition) is 4. The molecule has 0 atom stereocenters. The second kappa shape index (κ2) is 7.03. The SMILES string of the molecule is CCN1CCC(CNS(=O)(=O)c2ccc(C#N)cc2)CC1. The van der Waals surface area contributed by atoms with Gasteiger partial charge < -0.3 is 4.90 Å². The standard InChI is InChI=1S/C15H21N3O2S/c1-2-18-9-7-14(8-10-18)12-17-21(19,20)15-5-3-13(11-16)4-6-15/h3-6,14,17H,2,7-10,12H2,1H3. The van der Waals surface area contributed by atoms with Crippen LogP contribution in [0.5, 0.6) is 0 Å². The Bertz CT molecular complexity index is 597. The maximum atomic E-state index is 12.2. The van der Waals surface area contributed by atoms with Crippen LogP contribution in [0.3, 0.4) is 0 Å². The van der Waals surface area contributed by atoms with Gasteiger partial charge in [0.15, 0.2) is 0 Å². The highest BCUT2D eigenvalue weighted by molar-refractivity contribution is 7.89. The fourth-order valence-electron chi connectivity index (χ4n) is 2.53. The van der Waals surface area contributed by atoms with Gasteiger partial charge in [0.2, 0.25) is 10.0 Å². The van der Waals surface area contributed by atoms with E-state index in [2.05, 4.69) is 16.5 Å². The predicted octanol–water partition coefficient (Wildman–Crippen LogP) is 1.57. The summed E-state index contributed by atoms with van der Waals surface area (Å²) in [5, 5.41) is 8.73. The van der Waals surface area contributed by atoms with E-state index in [4.69, 9.17) is 5.26 Å². The molecule has 0 unspecified atom stereocenters. The summed E-state index contributed by atoms with van der Waals surface area (Å²) < 4.78 is 27.1. The van der Waals surface area contributed by atoms with Crippen molar-refractivity contribution in [2.45, 2.75) is 24.7 Å². The minimum absolute atomic E-state index is 0.215. The van der Waals surface area contributed by atoms with Crippen LogP contribution in [-0.2, 0) is 10.0 Å². The van der Waals surface area contributed by atoms with Gasteiger partial charge in [0.25, 0.3) is 0 Å². The first-order valence-corrected chi connectivity index (χ1v) is 8.75. The van der Waals surface area contributed by atoms with Crippen LogP contribution < -0.4 is 4.72 Å². The summed E-state index contributed by atoms with van der Waals surface area (Å²) >= 11 is 0. The highest BCUT2D eigenvalue weighted by Gasteiger charge is 2.21. The molecule has 21 heavy (non-hydrogen) atoms. The predicted molar refractivity (Wildman–Crippen MR) is 81.2 cm³/mol. The Morgan fingerprint density at radius 1 is 1.29 bits per heavy atom. The van der Waals surface area contributed by atoms with E-state index in [1.807, 2.05) is 6.07 Å². The minimum Gasteiger partial charge on any atom is -0.304 e. The Balaban J connectivity index is 1.91. The van der Waals surface area contributed by atoms with Crippen LogP contribution in [0.25, 0.3) is 0 Å². The average Bonchev–Trinajstić information content (AvgIpc) is 2.53. The van der Waals surface area contributed by atoms with Crippen molar-refractivity contribution in [2.75, 3.05) is 26.2 Å². The Kier molecular flexibility index (Phi) is 5.34. The number of rotatable bonds is 5. The van der Waals surface area contributed by atoms with Crippen LogP contribution in [-0.4, -0.2) is 39.5 Å². The molecule has 0 saturated carbocycles. The molecule has 1 aromatic rings. The number of nitrogens with one attached hydrogen (secondary N) is 1. The lowest BCUT2D eigenvalue weighted by molar-refractivity contribution is 0.194. The molecule has 6 heteroatoms. The Hall–Kier alpha value is -1.42. The van der Waals surface area contributed by atoms with E-state index in [0.717, 1.165) is 32.5 Å². The highest BCUT2D eigenvalue weighted by Crippen LogP contribution is 2.17. The molecule has 0 aromatic heterocycles. The number of sulfonamides is 1. The second-order valence-corrected chi connectivity index (χ2v) is 7.13. The Morgan fingerprint density at radius 3 is 2.43 bits per heavy atom. The van der Waals surface area contributed by atoms with Crippen molar-refractivity contribution in [3.05, 3.63) is 29.8 Å². The molecule has 1 aliphatic rings. The fraction of sp³-hybridized carbons (Fsp3) is 0.533. The molecule has 2 rings (SSSR count). The lowest BCUT2D eigenvalue weighted by Crippen LogP contribution is -2.38. The molecule has 1 aromatic carbocycles. The molecule has 0 bridgehead atoms. The van der Waals surface area contributed by atoms with Crippen molar-refractivity contribution in [1.82, 2.24) is 9.62 Å². The molecule has 0 amide bonds. The third-order valence-electron chi connectivity index (χ3n) is 4.01. The minimum atomic E-state index is -3.48. The van der Waals surface area contributed by atoms with Gasteiger partial charge in [-0.2, -0.15) is 5.26 Å².